The van der Waals surface area contributed by atoms with Crippen LogP contribution >= 0.6 is 0 Å². The molecule has 0 aliphatic carbocycles. The summed E-state index contributed by atoms with van der Waals surface area (Å²) in [7, 11) is 0. The molecule has 1 N–H and O–H groups in total. The summed E-state index contributed by atoms with van der Waals surface area (Å²) in [5, 5.41) is 2.90. The minimum atomic E-state index is -0.181. The van der Waals surface area contributed by atoms with Gasteiger partial charge in [0.2, 0.25) is 5.91 Å². The van der Waals surface area contributed by atoms with Crippen molar-refractivity contribution in [2.75, 3.05) is 6.61 Å². The van der Waals surface area contributed by atoms with E-state index in [-0.39, 0.29) is 11.4 Å². The van der Waals surface area contributed by atoms with Crippen LogP contribution in [0.1, 0.15) is 39.7 Å². The molecule has 0 unspecified atom stereocenters. The molecule has 3 nitrogen and oxygen atoms in total. The van der Waals surface area contributed by atoms with Gasteiger partial charge in [0, 0.05) is 5.54 Å². The Hall–Kier alpha value is -1.51. The molecule has 100 valence electrons. The standard InChI is InChI=1S/C15H23NO2/c1-5-12-6-8-13(9-7-12)18-11-10-14(17)16-15(2,3)4/h6-9H,5,10-11H2,1-4H3,(H,16,17). The molecule has 0 fully saturated rings. The SMILES string of the molecule is CCc1ccc(OCCC(=O)NC(C)(C)C)cc1. The number of amides is 1. The van der Waals surface area contributed by atoms with Crippen molar-refractivity contribution in [2.45, 2.75) is 46.1 Å². The third-order valence-electron chi connectivity index (χ3n) is 2.44. The van der Waals surface area contributed by atoms with Crippen LogP contribution in [0.25, 0.3) is 0 Å². The van der Waals surface area contributed by atoms with Gasteiger partial charge in [0.1, 0.15) is 5.75 Å². The number of benzene rings is 1. The maximum absolute atomic E-state index is 11.6. The third-order valence-corrected chi connectivity index (χ3v) is 2.44. The molecule has 1 amide bonds. The fourth-order valence-corrected chi connectivity index (χ4v) is 1.56. The van der Waals surface area contributed by atoms with E-state index in [9.17, 15) is 4.79 Å². The predicted octanol–water partition coefficient (Wildman–Crippen LogP) is 2.93. The van der Waals surface area contributed by atoms with Crippen molar-refractivity contribution < 1.29 is 9.53 Å². The minimum absolute atomic E-state index is 0.0210. The molecule has 0 bridgehead atoms. The zero-order valence-corrected chi connectivity index (χ0v) is 11.7. The Kier molecular flexibility index (Phi) is 5.20. The minimum Gasteiger partial charge on any atom is -0.493 e. The molecule has 0 spiro atoms. The van der Waals surface area contributed by atoms with Crippen molar-refractivity contribution >= 4 is 5.91 Å². The highest BCUT2D eigenvalue weighted by atomic mass is 16.5. The van der Waals surface area contributed by atoms with E-state index >= 15 is 0 Å². The van der Waals surface area contributed by atoms with E-state index in [1.165, 1.54) is 5.56 Å². The van der Waals surface area contributed by atoms with Crippen molar-refractivity contribution in [2.24, 2.45) is 0 Å². The van der Waals surface area contributed by atoms with Gasteiger partial charge < -0.3 is 10.1 Å². The topological polar surface area (TPSA) is 38.3 Å². The normalized spacial score (nSPS) is 11.1. The van der Waals surface area contributed by atoms with E-state index < -0.39 is 0 Å². The molecule has 0 aliphatic heterocycles. The van der Waals surface area contributed by atoms with Crippen molar-refractivity contribution in [3.63, 3.8) is 0 Å². The second kappa shape index (κ2) is 6.43. The first-order valence-electron chi connectivity index (χ1n) is 6.43. The molecule has 0 aliphatic rings. The number of hydrogen-bond acceptors (Lipinski definition) is 2. The first-order chi connectivity index (χ1) is 8.40. The van der Waals surface area contributed by atoms with Gasteiger partial charge >= 0.3 is 0 Å². The van der Waals surface area contributed by atoms with E-state index in [1.807, 2.05) is 45.0 Å². The molecule has 0 heterocycles. The van der Waals surface area contributed by atoms with Gasteiger partial charge in [-0.1, -0.05) is 19.1 Å². The summed E-state index contributed by atoms with van der Waals surface area (Å²) >= 11 is 0. The Morgan fingerprint density at radius 2 is 1.83 bits per heavy atom. The van der Waals surface area contributed by atoms with Crippen LogP contribution in [0.4, 0.5) is 0 Å². The number of aryl methyl sites for hydroxylation is 1. The van der Waals surface area contributed by atoms with E-state index in [0.29, 0.717) is 13.0 Å². The molecule has 1 aromatic rings. The van der Waals surface area contributed by atoms with Crippen molar-refractivity contribution in [1.82, 2.24) is 5.32 Å². The van der Waals surface area contributed by atoms with Gasteiger partial charge in [0.05, 0.1) is 13.0 Å². The Bertz CT molecular complexity index is 376. The zero-order chi connectivity index (χ0) is 13.6. The summed E-state index contributed by atoms with van der Waals surface area (Å²) in [5.41, 5.74) is 1.10. The summed E-state index contributed by atoms with van der Waals surface area (Å²) in [6, 6.07) is 7.98. The molecular weight excluding hydrogens is 226 g/mol. The van der Waals surface area contributed by atoms with Crippen molar-refractivity contribution in [1.29, 1.82) is 0 Å². The van der Waals surface area contributed by atoms with Crippen molar-refractivity contribution in [3.05, 3.63) is 29.8 Å². The second-order valence-corrected chi connectivity index (χ2v) is 5.39. The summed E-state index contributed by atoms with van der Waals surface area (Å²) in [5.74, 6) is 0.837. The summed E-state index contributed by atoms with van der Waals surface area (Å²) < 4.78 is 5.53. The van der Waals surface area contributed by atoms with Crippen LogP contribution in [-0.4, -0.2) is 18.1 Å². The van der Waals surface area contributed by atoms with Gasteiger partial charge in [-0.25, -0.2) is 0 Å². The fraction of sp³-hybridized carbons (Fsp3) is 0.533. The number of rotatable bonds is 5. The Balaban J connectivity index is 2.30. The Labute approximate surface area is 110 Å². The molecule has 0 atom stereocenters. The van der Waals surface area contributed by atoms with Gasteiger partial charge in [-0.15, -0.1) is 0 Å². The first-order valence-corrected chi connectivity index (χ1v) is 6.43. The smallest absolute Gasteiger partial charge is 0.223 e. The summed E-state index contributed by atoms with van der Waals surface area (Å²) in [6.07, 6.45) is 1.40. The van der Waals surface area contributed by atoms with Crippen LogP contribution in [-0.2, 0) is 11.2 Å². The van der Waals surface area contributed by atoms with E-state index in [0.717, 1.165) is 12.2 Å². The number of nitrogens with one attached hydrogen (secondary N) is 1. The van der Waals surface area contributed by atoms with Gasteiger partial charge in [0.25, 0.3) is 0 Å². The highest BCUT2D eigenvalue weighted by molar-refractivity contribution is 5.76. The highest BCUT2D eigenvalue weighted by Gasteiger charge is 2.13. The molecule has 18 heavy (non-hydrogen) atoms. The molecule has 0 saturated heterocycles. The van der Waals surface area contributed by atoms with Crippen LogP contribution < -0.4 is 10.1 Å². The number of ether oxygens (including phenoxy) is 1. The highest BCUT2D eigenvalue weighted by Crippen LogP contribution is 2.12. The number of carbonyl (C=O) groups excluding carboxylic acids is 1. The van der Waals surface area contributed by atoms with Gasteiger partial charge in [-0.05, 0) is 44.9 Å². The molecular formula is C15H23NO2. The first kappa shape index (κ1) is 14.6. The number of hydrogen-bond donors (Lipinski definition) is 1. The maximum Gasteiger partial charge on any atom is 0.223 e. The lowest BCUT2D eigenvalue weighted by molar-refractivity contribution is -0.122. The average molecular weight is 249 g/mol. The molecule has 0 aromatic heterocycles. The Morgan fingerprint density at radius 3 is 2.33 bits per heavy atom. The second-order valence-electron chi connectivity index (χ2n) is 5.39. The monoisotopic (exact) mass is 249 g/mol. The lowest BCUT2D eigenvalue weighted by Crippen LogP contribution is -2.41. The lowest BCUT2D eigenvalue weighted by atomic mass is 10.1. The van der Waals surface area contributed by atoms with Gasteiger partial charge in [0.15, 0.2) is 0 Å². The van der Waals surface area contributed by atoms with Crippen molar-refractivity contribution in [3.8, 4) is 5.75 Å². The predicted molar refractivity (Wildman–Crippen MR) is 73.8 cm³/mol. The molecule has 0 saturated carbocycles. The molecule has 0 radical (unpaired) electrons. The van der Waals surface area contributed by atoms with Crippen LogP contribution in [0.2, 0.25) is 0 Å². The molecule has 3 heteroatoms. The lowest BCUT2D eigenvalue weighted by Gasteiger charge is -2.20. The Morgan fingerprint density at radius 1 is 1.22 bits per heavy atom. The summed E-state index contributed by atoms with van der Waals surface area (Å²) in [4.78, 5) is 11.6. The van der Waals surface area contributed by atoms with Crippen LogP contribution in [0.5, 0.6) is 5.75 Å². The molecule has 1 aromatic carbocycles. The fourth-order valence-electron chi connectivity index (χ4n) is 1.56. The van der Waals surface area contributed by atoms with Crippen LogP contribution in [0, 0.1) is 0 Å². The third kappa shape index (κ3) is 5.71. The quantitative estimate of drug-likeness (QED) is 0.871. The van der Waals surface area contributed by atoms with Gasteiger partial charge in [-0.3, -0.25) is 4.79 Å². The molecule has 1 rings (SSSR count). The maximum atomic E-state index is 11.6. The van der Waals surface area contributed by atoms with Crippen LogP contribution in [0.15, 0.2) is 24.3 Å². The average Bonchev–Trinajstić information content (AvgIpc) is 2.27. The largest absolute Gasteiger partial charge is 0.493 e. The van der Waals surface area contributed by atoms with E-state index in [4.69, 9.17) is 4.74 Å². The van der Waals surface area contributed by atoms with Crippen LogP contribution in [0.3, 0.4) is 0 Å². The van der Waals surface area contributed by atoms with E-state index in [1.54, 1.807) is 0 Å². The number of carbonyl (C=O) groups is 1. The summed E-state index contributed by atoms with van der Waals surface area (Å²) in [6.45, 7) is 8.43. The zero-order valence-electron chi connectivity index (χ0n) is 11.7. The van der Waals surface area contributed by atoms with E-state index in [2.05, 4.69) is 12.2 Å². The van der Waals surface area contributed by atoms with Gasteiger partial charge in [-0.2, -0.15) is 0 Å².